The largest absolute Gasteiger partial charge is 0.494 e. The molecule has 1 saturated heterocycles. The minimum Gasteiger partial charge on any atom is -0.494 e. The lowest BCUT2D eigenvalue weighted by molar-refractivity contribution is 0.0803. The fraction of sp³-hybridized carbons (Fsp3) is 0.438. The van der Waals surface area contributed by atoms with Crippen molar-refractivity contribution in [1.82, 2.24) is 9.47 Å². The Morgan fingerprint density at radius 3 is 2.59 bits per heavy atom. The first-order valence-corrected chi connectivity index (χ1v) is 15.3. The van der Waals surface area contributed by atoms with Crippen molar-refractivity contribution in [1.29, 1.82) is 0 Å². The van der Waals surface area contributed by atoms with Gasteiger partial charge in [-0.15, -0.1) is 11.3 Å². The number of unbranched alkanes of at least 4 members (excludes halogenated alkanes) is 1. The Kier molecular flexibility index (Phi) is 7.98. The second-order valence-corrected chi connectivity index (χ2v) is 11.8. The monoisotopic (exact) mass is 543 g/mol. The van der Waals surface area contributed by atoms with Gasteiger partial charge >= 0.3 is 0 Å². The molecule has 1 saturated carbocycles. The predicted molar refractivity (Wildman–Crippen MR) is 161 cm³/mol. The lowest BCUT2D eigenvalue weighted by atomic mass is 9.88. The second kappa shape index (κ2) is 11.9. The molecule has 0 atom stereocenters. The molecule has 0 radical (unpaired) electrons. The number of fused-ring (bicyclic) bond motifs is 2. The summed E-state index contributed by atoms with van der Waals surface area (Å²) in [5, 5.41) is 4.44. The first-order chi connectivity index (χ1) is 19.2. The molecule has 2 aromatic heterocycles. The van der Waals surface area contributed by atoms with E-state index in [0.717, 1.165) is 82.4 Å². The van der Waals surface area contributed by atoms with Crippen molar-refractivity contribution in [2.45, 2.75) is 44.9 Å². The summed E-state index contributed by atoms with van der Waals surface area (Å²) in [5.41, 5.74) is 1.77. The van der Waals surface area contributed by atoms with Crippen molar-refractivity contribution >= 4 is 43.9 Å². The van der Waals surface area contributed by atoms with E-state index in [9.17, 15) is 9.59 Å². The third kappa shape index (κ3) is 5.75. The van der Waals surface area contributed by atoms with Gasteiger partial charge in [-0.25, -0.2) is 4.57 Å². The molecule has 2 fully saturated rings. The molecule has 0 bridgehead atoms. The van der Waals surface area contributed by atoms with Crippen molar-refractivity contribution < 1.29 is 9.53 Å². The number of pyridine rings is 1. The average molecular weight is 544 g/mol. The van der Waals surface area contributed by atoms with Gasteiger partial charge in [-0.2, -0.15) is 0 Å². The molecular formula is C32H37N3O3S. The van der Waals surface area contributed by atoms with E-state index < -0.39 is 0 Å². The van der Waals surface area contributed by atoms with Crippen LogP contribution in [-0.4, -0.2) is 54.7 Å². The zero-order chi connectivity index (χ0) is 26.6. The standard InChI is InChI=1S/C32H37N3O3S/c36-31-14-12-24-11-13-26(23-29(24)35(31)32(37)25-7-2-1-3-8-25)38-21-5-4-16-33-17-19-34(20-18-33)28-9-6-10-30-27(28)15-22-39-30/h6,9-15,22-23,25H,1-5,7-8,16-21H2. The summed E-state index contributed by atoms with van der Waals surface area (Å²) < 4.78 is 8.83. The van der Waals surface area contributed by atoms with Crippen LogP contribution in [0.5, 0.6) is 5.75 Å². The SMILES string of the molecule is O=C(C1CCCCC1)n1c(=O)ccc2ccc(OCCCCN3CCN(c4cccc5sccc45)CC3)cc21. The molecular weight excluding hydrogens is 506 g/mol. The Hall–Kier alpha value is -3.16. The van der Waals surface area contributed by atoms with Gasteiger partial charge < -0.3 is 9.64 Å². The first-order valence-electron chi connectivity index (χ1n) is 14.4. The van der Waals surface area contributed by atoms with Crippen molar-refractivity contribution in [3.8, 4) is 5.75 Å². The van der Waals surface area contributed by atoms with Gasteiger partial charge in [-0.05, 0) is 79.4 Å². The molecule has 2 aliphatic rings. The van der Waals surface area contributed by atoms with Crippen LogP contribution in [0.2, 0.25) is 0 Å². The Balaban J connectivity index is 0.999. The summed E-state index contributed by atoms with van der Waals surface area (Å²) in [4.78, 5) is 31.0. The van der Waals surface area contributed by atoms with E-state index in [1.165, 1.54) is 32.8 Å². The molecule has 39 heavy (non-hydrogen) atoms. The highest BCUT2D eigenvalue weighted by Gasteiger charge is 2.24. The van der Waals surface area contributed by atoms with Crippen LogP contribution in [0.4, 0.5) is 5.69 Å². The van der Waals surface area contributed by atoms with Crippen LogP contribution in [0, 0.1) is 5.92 Å². The highest BCUT2D eigenvalue weighted by molar-refractivity contribution is 7.17. The van der Waals surface area contributed by atoms with Gasteiger partial charge in [0.25, 0.3) is 5.56 Å². The molecule has 6 rings (SSSR count). The van der Waals surface area contributed by atoms with Gasteiger partial charge in [0.2, 0.25) is 5.91 Å². The molecule has 3 heterocycles. The Bertz CT molecular complexity index is 1500. The van der Waals surface area contributed by atoms with Gasteiger partial charge in [0, 0.05) is 60.0 Å². The second-order valence-electron chi connectivity index (χ2n) is 10.9. The Morgan fingerprint density at radius 1 is 0.923 bits per heavy atom. The maximum absolute atomic E-state index is 13.3. The van der Waals surface area contributed by atoms with Gasteiger partial charge in [0.05, 0.1) is 12.1 Å². The first kappa shape index (κ1) is 26.1. The molecule has 6 nitrogen and oxygen atoms in total. The van der Waals surface area contributed by atoms with Crippen LogP contribution in [0.15, 0.2) is 64.8 Å². The Labute approximate surface area is 233 Å². The quantitative estimate of drug-likeness (QED) is 0.240. The summed E-state index contributed by atoms with van der Waals surface area (Å²) in [6, 6.07) is 17.9. The topological polar surface area (TPSA) is 54.8 Å². The van der Waals surface area contributed by atoms with Gasteiger partial charge in [0.15, 0.2) is 0 Å². The number of carbonyl (C=O) groups is 1. The van der Waals surface area contributed by atoms with E-state index in [1.54, 1.807) is 6.07 Å². The number of aromatic nitrogens is 1. The fourth-order valence-corrected chi connectivity index (χ4v) is 6.96. The molecule has 1 aliphatic heterocycles. The summed E-state index contributed by atoms with van der Waals surface area (Å²) in [6.45, 7) is 5.98. The van der Waals surface area contributed by atoms with E-state index in [4.69, 9.17) is 4.74 Å². The minimum absolute atomic E-state index is 0.0576. The molecule has 204 valence electrons. The van der Waals surface area contributed by atoms with E-state index in [-0.39, 0.29) is 17.4 Å². The maximum atomic E-state index is 13.3. The number of piperazine rings is 1. The fourth-order valence-electron chi connectivity index (χ4n) is 6.16. The molecule has 0 amide bonds. The number of benzene rings is 2. The van der Waals surface area contributed by atoms with E-state index >= 15 is 0 Å². The van der Waals surface area contributed by atoms with Crippen LogP contribution in [0.25, 0.3) is 21.0 Å². The van der Waals surface area contributed by atoms with Crippen molar-refractivity contribution in [3.05, 3.63) is 70.3 Å². The summed E-state index contributed by atoms with van der Waals surface area (Å²) in [6.07, 6.45) is 7.09. The van der Waals surface area contributed by atoms with Gasteiger partial charge in [0.1, 0.15) is 5.75 Å². The van der Waals surface area contributed by atoms with Gasteiger partial charge in [-0.1, -0.05) is 25.3 Å². The zero-order valence-electron chi connectivity index (χ0n) is 22.5. The number of carbonyl (C=O) groups excluding carboxylic acids is 1. The smallest absolute Gasteiger partial charge is 0.257 e. The lowest BCUT2D eigenvalue weighted by Crippen LogP contribution is -2.46. The van der Waals surface area contributed by atoms with Crippen LogP contribution >= 0.6 is 11.3 Å². The molecule has 4 aromatic rings. The van der Waals surface area contributed by atoms with Crippen LogP contribution in [0.1, 0.15) is 49.7 Å². The number of nitrogens with zero attached hydrogens (tertiary/aromatic N) is 3. The number of anilines is 1. The van der Waals surface area contributed by atoms with E-state index in [1.807, 2.05) is 29.5 Å². The third-order valence-electron chi connectivity index (χ3n) is 8.37. The Morgan fingerprint density at radius 2 is 1.74 bits per heavy atom. The number of rotatable bonds is 8. The normalized spacial score (nSPS) is 17.2. The van der Waals surface area contributed by atoms with E-state index in [0.29, 0.717) is 12.1 Å². The summed E-state index contributed by atoms with van der Waals surface area (Å²) in [7, 11) is 0. The molecule has 0 unspecified atom stereocenters. The molecule has 0 N–H and O–H groups in total. The number of thiophene rings is 1. The summed E-state index contributed by atoms with van der Waals surface area (Å²) >= 11 is 1.81. The lowest BCUT2D eigenvalue weighted by Gasteiger charge is -2.36. The highest BCUT2D eigenvalue weighted by Crippen LogP contribution is 2.31. The van der Waals surface area contributed by atoms with Crippen molar-refractivity contribution in [3.63, 3.8) is 0 Å². The maximum Gasteiger partial charge on any atom is 0.257 e. The average Bonchev–Trinajstić information content (AvgIpc) is 3.47. The van der Waals surface area contributed by atoms with Crippen LogP contribution in [-0.2, 0) is 0 Å². The third-order valence-corrected chi connectivity index (χ3v) is 9.25. The predicted octanol–water partition coefficient (Wildman–Crippen LogP) is 6.42. The number of hydrogen-bond acceptors (Lipinski definition) is 6. The zero-order valence-corrected chi connectivity index (χ0v) is 23.3. The van der Waals surface area contributed by atoms with E-state index in [2.05, 4.69) is 39.4 Å². The highest BCUT2D eigenvalue weighted by atomic mass is 32.1. The minimum atomic E-state index is -0.248. The van der Waals surface area contributed by atoms with Crippen molar-refractivity contribution in [2.75, 3.05) is 44.2 Å². The van der Waals surface area contributed by atoms with Crippen LogP contribution in [0.3, 0.4) is 0 Å². The number of ether oxygens (including phenoxy) is 1. The number of hydrogen-bond donors (Lipinski definition) is 0. The molecule has 0 spiro atoms. The molecule has 7 heteroatoms. The molecule has 1 aliphatic carbocycles. The van der Waals surface area contributed by atoms with Crippen LogP contribution < -0.4 is 15.2 Å². The van der Waals surface area contributed by atoms with Crippen molar-refractivity contribution in [2.24, 2.45) is 5.92 Å². The molecule has 2 aromatic carbocycles. The van der Waals surface area contributed by atoms with Gasteiger partial charge in [-0.3, -0.25) is 14.5 Å². The summed E-state index contributed by atoms with van der Waals surface area (Å²) in [5.74, 6) is 0.599.